The van der Waals surface area contributed by atoms with Crippen molar-refractivity contribution < 1.29 is 9.84 Å². The van der Waals surface area contributed by atoms with Gasteiger partial charge in [0.25, 0.3) is 0 Å². The molecular weight excluding hydrogens is 312 g/mol. The number of nitrogens with zero attached hydrogens (tertiary/aromatic N) is 2. The SMILES string of the molecule is CCOc1cc(C=C(C#N)c2cccc(C#N)c2)cc(Cl)c1O. The molecule has 0 aliphatic carbocycles. The Labute approximate surface area is 139 Å². The van der Waals surface area contributed by atoms with Crippen molar-refractivity contribution in [3.05, 3.63) is 58.1 Å². The first kappa shape index (κ1) is 16.4. The van der Waals surface area contributed by atoms with Gasteiger partial charge in [-0.25, -0.2) is 0 Å². The lowest BCUT2D eigenvalue weighted by atomic mass is 10.0. The van der Waals surface area contributed by atoms with Crippen molar-refractivity contribution in [2.75, 3.05) is 6.61 Å². The smallest absolute Gasteiger partial charge is 0.176 e. The molecule has 0 radical (unpaired) electrons. The van der Waals surface area contributed by atoms with E-state index in [4.69, 9.17) is 21.6 Å². The van der Waals surface area contributed by atoms with Crippen molar-refractivity contribution in [1.82, 2.24) is 0 Å². The Balaban J connectivity index is 2.50. The van der Waals surface area contributed by atoms with Crippen LogP contribution >= 0.6 is 11.6 Å². The molecule has 0 atom stereocenters. The summed E-state index contributed by atoms with van der Waals surface area (Å²) in [5.74, 6) is 0.130. The summed E-state index contributed by atoms with van der Waals surface area (Å²) in [4.78, 5) is 0. The first-order valence-corrected chi connectivity index (χ1v) is 7.24. The average Bonchev–Trinajstić information content (AvgIpc) is 2.57. The number of phenols is 1. The molecule has 23 heavy (non-hydrogen) atoms. The minimum Gasteiger partial charge on any atom is -0.503 e. The molecule has 0 saturated heterocycles. The van der Waals surface area contributed by atoms with Crippen LogP contribution in [0.3, 0.4) is 0 Å². The zero-order chi connectivity index (χ0) is 16.8. The van der Waals surface area contributed by atoms with Crippen molar-refractivity contribution in [2.45, 2.75) is 6.92 Å². The lowest BCUT2D eigenvalue weighted by molar-refractivity contribution is 0.318. The molecule has 0 spiro atoms. The number of hydrogen-bond acceptors (Lipinski definition) is 4. The minimum atomic E-state index is -0.129. The van der Waals surface area contributed by atoms with Crippen molar-refractivity contribution >= 4 is 23.3 Å². The van der Waals surface area contributed by atoms with E-state index in [1.165, 1.54) is 0 Å². The first-order valence-electron chi connectivity index (χ1n) is 6.86. The Morgan fingerprint density at radius 1 is 1.30 bits per heavy atom. The van der Waals surface area contributed by atoms with Gasteiger partial charge in [0.15, 0.2) is 11.5 Å². The van der Waals surface area contributed by atoms with E-state index in [2.05, 4.69) is 6.07 Å². The summed E-state index contributed by atoms with van der Waals surface area (Å²) in [6, 6.07) is 14.1. The maximum atomic E-state index is 9.85. The summed E-state index contributed by atoms with van der Waals surface area (Å²) in [5, 5.41) is 28.3. The summed E-state index contributed by atoms with van der Waals surface area (Å²) in [6.07, 6.45) is 1.63. The van der Waals surface area contributed by atoms with Crippen molar-refractivity contribution in [2.24, 2.45) is 0 Å². The molecule has 0 saturated carbocycles. The van der Waals surface area contributed by atoms with Gasteiger partial charge < -0.3 is 9.84 Å². The number of aromatic hydroxyl groups is 1. The fraction of sp³-hybridized carbons (Fsp3) is 0.111. The number of ether oxygens (including phenoxy) is 1. The van der Waals surface area contributed by atoms with Crippen molar-refractivity contribution in [3.63, 3.8) is 0 Å². The highest BCUT2D eigenvalue weighted by atomic mass is 35.5. The van der Waals surface area contributed by atoms with Gasteiger partial charge in [0, 0.05) is 0 Å². The van der Waals surface area contributed by atoms with Crippen molar-refractivity contribution in [1.29, 1.82) is 10.5 Å². The summed E-state index contributed by atoms with van der Waals surface area (Å²) in [5.41, 5.74) is 2.11. The molecule has 0 aliphatic rings. The molecule has 2 rings (SSSR count). The van der Waals surface area contributed by atoms with E-state index in [0.29, 0.717) is 28.9 Å². The quantitative estimate of drug-likeness (QED) is 0.668. The normalized spacial score (nSPS) is 10.7. The number of hydrogen-bond donors (Lipinski definition) is 1. The van der Waals surface area contributed by atoms with Gasteiger partial charge in [0.1, 0.15) is 0 Å². The van der Waals surface area contributed by atoms with E-state index in [1.807, 2.05) is 6.07 Å². The molecule has 2 aromatic rings. The third kappa shape index (κ3) is 3.83. The lowest BCUT2D eigenvalue weighted by Gasteiger charge is -2.09. The van der Waals surface area contributed by atoms with E-state index >= 15 is 0 Å². The second-order valence-electron chi connectivity index (χ2n) is 4.64. The number of halogens is 1. The van der Waals surface area contributed by atoms with Crippen LogP contribution in [0.1, 0.15) is 23.6 Å². The van der Waals surface area contributed by atoms with Gasteiger partial charge in [-0.3, -0.25) is 0 Å². The number of benzene rings is 2. The standard InChI is InChI=1S/C18H13ClN2O2/c1-2-23-17-9-13(8-16(19)18(17)22)7-15(11-21)14-5-3-4-12(6-14)10-20/h3-9,22H,2H2,1H3. The average molecular weight is 325 g/mol. The monoisotopic (exact) mass is 324 g/mol. The fourth-order valence-electron chi connectivity index (χ4n) is 2.05. The molecule has 0 amide bonds. The zero-order valence-corrected chi connectivity index (χ0v) is 13.1. The van der Waals surface area contributed by atoms with Gasteiger partial charge in [-0.05, 0) is 48.4 Å². The molecule has 0 bridgehead atoms. The molecule has 0 aromatic heterocycles. The molecule has 0 fully saturated rings. The third-order valence-electron chi connectivity index (χ3n) is 3.08. The van der Waals surface area contributed by atoms with Crippen LogP contribution in [0.15, 0.2) is 36.4 Å². The summed E-state index contributed by atoms with van der Waals surface area (Å²) < 4.78 is 5.33. The first-order chi connectivity index (χ1) is 11.1. The highest BCUT2D eigenvalue weighted by molar-refractivity contribution is 6.32. The summed E-state index contributed by atoms with van der Waals surface area (Å²) in [7, 11) is 0. The van der Waals surface area contributed by atoms with E-state index in [1.54, 1.807) is 49.4 Å². The fourth-order valence-corrected chi connectivity index (χ4v) is 2.26. The maximum absolute atomic E-state index is 9.85. The van der Waals surface area contributed by atoms with Crippen LogP contribution in [0.4, 0.5) is 0 Å². The van der Waals surface area contributed by atoms with Gasteiger partial charge >= 0.3 is 0 Å². The highest BCUT2D eigenvalue weighted by Gasteiger charge is 2.10. The van der Waals surface area contributed by atoms with E-state index in [-0.39, 0.29) is 16.5 Å². The van der Waals surface area contributed by atoms with Gasteiger partial charge in [0.05, 0.1) is 34.9 Å². The van der Waals surface area contributed by atoms with Crippen LogP contribution in [0, 0.1) is 22.7 Å². The molecule has 5 heteroatoms. The van der Waals surface area contributed by atoms with Crippen LogP contribution in [0.5, 0.6) is 11.5 Å². The second-order valence-corrected chi connectivity index (χ2v) is 5.05. The van der Waals surface area contributed by atoms with E-state index in [0.717, 1.165) is 0 Å². The Morgan fingerprint density at radius 3 is 2.74 bits per heavy atom. The number of nitriles is 2. The van der Waals surface area contributed by atoms with Crippen LogP contribution in [-0.2, 0) is 0 Å². The van der Waals surface area contributed by atoms with Gasteiger partial charge in [-0.15, -0.1) is 0 Å². The van der Waals surface area contributed by atoms with E-state index in [9.17, 15) is 10.4 Å². The van der Waals surface area contributed by atoms with Crippen LogP contribution < -0.4 is 4.74 Å². The lowest BCUT2D eigenvalue weighted by Crippen LogP contribution is -1.93. The van der Waals surface area contributed by atoms with Gasteiger partial charge in [-0.1, -0.05) is 23.7 Å². The van der Waals surface area contributed by atoms with Gasteiger partial charge in [-0.2, -0.15) is 10.5 Å². The molecule has 0 aliphatic heterocycles. The number of rotatable bonds is 4. The molecule has 0 unspecified atom stereocenters. The molecule has 0 heterocycles. The Hall–Kier alpha value is -2.95. The molecule has 2 aromatic carbocycles. The predicted molar refractivity (Wildman–Crippen MR) is 88.9 cm³/mol. The highest BCUT2D eigenvalue weighted by Crippen LogP contribution is 2.36. The van der Waals surface area contributed by atoms with E-state index < -0.39 is 0 Å². The number of phenolic OH excluding ortho intramolecular Hbond substituents is 1. The number of allylic oxidation sites excluding steroid dienone is 1. The minimum absolute atomic E-state index is 0.129. The summed E-state index contributed by atoms with van der Waals surface area (Å²) in [6.45, 7) is 2.18. The predicted octanol–water partition coefficient (Wildman–Crippen LogP) is 4.38. The second kappa shape index (κ2) is 7.35. The van der Waals surface area contributed by atoms with Crippen LogP contribution in [0.2, 0.25) is 5.02 Å². The maximum Gasteiger partial charge on any atom is 0.176 e. The topological polar surface area (TPSA) is 77.0 Å². The van der Waals surface area contributed by atoms with Crippen molar-refractivity contribution in [3.8, 4) is 23.6 Å². The summed E-state index contributed by atoms with van der Waals surface area (Å²) >= 11 is 5.99. The molecule has 1 N–H and O–H groups in total. The molecule has 114 valence electrons. The molecule has 4 nitrogen and oxygen atoms in total. The largest absolute Gasteiger partial charge is 0.503 e. The van der Waals surface area contributed by atoms with Crippen LogP contribution in [0.25, 0.3) is 11.6 Å². The van der Waals surface area contributed by atoms with Gasteiger partial charge in [0.2, 0.25) is 0 Å². The zero-order valence-electron chi connectivity index (χ0n) is 12.4. The third-order valence-corrected chi connectivity index (χ3v) is 3.37. The molecular formula is C18H13ClN2O2. The Morgan fingerprint density at radius 2 is 2.09 bits per heavy atom. The van der Waals surface area contributed by atoms with Crippen LogP contribution in [-0.4, -0.2) is 11.7 Å². The Bertz CT molecular complexity index is 845. The Kier molecular flexibility index (Phi) is 5.25.